The van der Waals surface area contributed by atoms with Gasteiger partial charge in [0.15, 0.2) is 0 Å². The maximum Gasteiger partial charge on any atom is 0.510 e. The number of hydrogen-bond donors (Lipinski definition) is 0. The van der Waals surface area contributed by atoms with Crippen LogP contribution in [0.25, 0.3) is 0 Å². The molecule has 0 aliphatic heterocycles. The molecular weight excluding hydrogens is 244 g/mol. The lowest BCUT2D eigenvalue weighted by atomic mass is 10.2. The summed E-state index contributed by atoms with van der Waals surface area (Å²) in [5.74, 6) is 0. The smallest absolute Gasteiger partial charge is 0.258 e. The zero-order valence-corrected chi connectivity index (χ0v) is 8.82. The maximum absolute atomic E-state index is 10.4. The van der Waals surface area contributed by atoms with Crippen molar-refractivity contribution >= 4 is 15.9 Å². The van der Waals surface area contributed by atoms with Crippen molar-refractivity contribution in [1.82, 2.24) is 0 Å². The Morgan fingerprint density at radius 3 is 2.00 bits per heavy atom. The molecule has 0 saturated carbocycles. The van der Waals surface area contributed by atoms with E-state index in [1.54, 1.807) is 0 Å². The van der Waals surface area contributed by atoms with Gasteiger partial charge in [0.1, 0.15) is 16.3 Å². The zero-order valence-electron chi connectivity index (χ0n) is 7.23. The van der Waals surface area contributed by atoms with Crippen LogP contribution in [0.3, 0.4) is 0 Å². The quantitative estimate of drug-likeness (QED) is 0.182. The standard InChI is InChI=1S/C6H11BrN2O4/c1-2-3-4-5-6(7,8(10)11)9(12)13/h2-5H2,1H3. The van der Waals surface area contributed by atoms with Crippen LogP contribution >= 0.6 is 15.9 Å². The van der Waals surface area contributed by atoms with E-state index in [0.29, 0.717) is 6.42 Å². The van der Waals surface area contributed by atoms with Crippen molar-refractivity contribution in [2.75, 3.05) is 0 Å². The molecule has 0 saturated heterocycles. The molecule has 0 atom stereocenters. The Morgan fingerprint density at radius 1 is 1.23 bits per heavy atom. The van der Waals surface area contributed by atoms with Crippen LogP contribution in [0, 0.1) is 20.2 Å². The first-order chi connectivity index (χ1) is 5.95. The number of hydrogen-bond acceptors (Lipinski definition) is 4. The first kappa shape index (κ1) is 12.3. The van der Waals surface area contributed by atoms with Crippen LogP contribution in [-0.4, -0.2) is 14.4 Å². The highest BCUT2D eigenvalue weighted by Crippen LogP contribution is 2.26. The molecular formula is C6H11BrN2O4. The molecule has 0 fully saturated rings. The first-order valence-corrected chi connectivity index (χ1v) is 4.72. The summed E-state index contributed by atoms with van der Waals surface area (Å²) in [5, 5.41) is 20.7. The van der Waals surface area contributed by atoms with Gasteiger partial charge in [-0.1, -0.05) is 19.8 Å². The van der Waals surface area contributed by atoms with E-state index in [4.69, 9.17) is 0 Å². The second-order valence-electron chi connectivity index (χ2n) is 2.69. The summed E-state index contributed by atoms with van der Waals surface area (Å²) in [6, 6.07) is 0. The van der Waals surface area contributed by atoms with Gasteiger partial charge >= 0.3 is 4.57 Å². The third kappa shape index (κ3) is 3.25. The van der Waals surface area contributed by atoms with Gasteiger partial charge in [-0.3, -0.25) is 20.2 Å². The van der Waals surface area contributed by atoms with E-state index in [0.717, 1.165) is 12.8 Å². The summed E-state index contributed by atoms with van der Waals surface area (Å²) in [5.41, 5.74) is 0. The van der Waals surface area contributed by atoms with E-state index in [-0.39, 0.29) is 6.42 Å². The van der Waals surface area contributed by atoms with Gasteiger partial charge in [0.25, 0.3) is 0 Å². The van der Waals surface area contributed by atoms with Crippen molar-refractivity contribution in [1.29, 1.82) is 0 Å². The topological polar surface area (TPSA) is 86.3 Å². The maximum atomic E-state index is 10.4. The van der Waals surface area contributed by atoms with E-state index >= 15 is 0 Å². The normalized spacial score (nSPS) is 11.2. The van der Waals surface area contributed by atoms with Gasteiger partial charge in [-0.15, -0.1) is 0 Å². The second-order valence-corrected chi connectivity index (χ2v) is 3.96. The lowest BCUT2D eigenvalue weighted by Gasteiger charge is -2.09. The van der Waals surface area contributed by atoms with E-state index in [1.807, 2.05) is 6.92 Å². The Balaban J connectivity index is 4.26. The fourth-order valence-electron chi connectivity index (χ4n) is 0.849. The summed E-state index contributed by atoms with van der Waals surface area (Å²) < 4.78 is -2.19. The van der Waals surface area contributed by atoms with E-state index in [1.165, 1.54) is 0 Å². The van der Waals surface area contributed by atoms with Gasteiger partial charge in [-0.25, -0.2) is 0 Å². The van der Waals surface area contributed by atoms with Gasteiger partial charge in [0.05, 0.1) is 15.9 Å². The average molecular weight is 255 g/mol. The highest BCUT2D eigenvalue weighted by atomic mass is 79.9. The summed E-state index contributed by atoms with van der Waals surface area (Å²) >= 11 is 2.55. The fraction of sp³-hybridized carbons (Fsp3) is 1.00. The molecule has 6 nitrogen and oxygen atoms in total. The summed E-state index contributed by atoms with van der Waals surface area (Å²) in [7, 11) is 0. The van der Waals surface area contributed by atoms with Crippen molar-refractivity contribution in [3.05, 3.63) is 20.2 Å². The van der Waals surface area contributed by atoms with Gasteiger partial charge in [-0.2, -0.15) is 0 Å². The molecule has 13 heavy (non-hydrogen) atoms. The first-order valence-electron chi connectivity index (χ1n) is 3.93. The van der Waals surface area contributed by atoms with Crippen LogP contribution in [0.15, 0.2) is 0 Å². The molecule has 0 amide bonds. The third-order valence-electron chi connectivity index (χ3n) is 1.66. The zero-order chi connectivity index (χ0) is 10.5. The van der Waals surface area contributed by atoms with Crippen LogP contribution in [0.5, 0.6) is 0 Å². The number of alkyl halides is 1. The number of nitrogens with zero attached hydrogens (tertiary/aromatic N) is 2. The van der Waals surface area contributed by atoms with Crippen molar-refractivity contribution in [3.63, 3.8) is 0 Å². The van der Waals surface area contributed by atoms with Crippen molar-refractivity contribution in [2.24, 2.45) is 0 Å². The highest BCUT2D eigenvalue weighted by Gasteiger charge is 2.52. The number of unbranched alkanes of at least 4 members (excludes halogenated alkanes) is 2. The molecule has 0 aromatic rings. The molecule has 0 N–H and O–H groups in total. The molecule has 0 aromatic carbocycles. The average Bonchev–Trinajstić information content (AvgIpc) is 2.03. The second kappa shape index (κ2) is 5.11. The Morgan fingerprint density at radius 2 is 1.69 bits per heavy atom. The lowest BCUT2D eigenvalue weighted by molar-refractivity contribution is -0.759. The minimum absolute atomic E-state index is 0.0825. The van der Waals surface area contributed by atoms with Gasteiger partial charge in [-0.05, 0) is 6.42 Å². The molecule has 0 rings (SSSR count). The van der Waals surface area contributed by atoms with Gasteiger partial charge in [0.2, 0.25) is 0 Å². The van der Waals surface area contributed by atoms with E-state index in [9.17, 15) is 20.2 Å². The Kier molecular flexibility index (Phi) is 4.82. The predicted octanol–water partition coefficient (Wildman–Crippen LogP) is 2.17. The summed E-state index contributed by atoms with van der Waals surface area (Å²) in [6.45, 7) is 1.92. The van der Waals surface area contributed by atoms with E-state index in [2.05, 4.69) is 15.9 Å². The Bertz CT molecular complexity index is 195. The molecule has 76 valence electrons. The van der Waals surface area contributed by atoms with Crippen molar-refractivity contribution in [3.8, 4) is 0 Å². The number of nitro groups is 2. The van der Waals surface area contributed by atoms with Crippen LogP contribution in [-0.2, 0) is 0 Å². The monoisotopic (exact) mass is 254 g/mol. The van der Waals surface area contributed by atoms with Crippen LogP contribution in [0.1, 0.15) is 32.6 Å². The van der Waals surface area contributed by atoms with Crippen molar-refractivity contribution < 1.29 is 9.85 Å². The molecule has 0 spiro atoms. The molecule has 0 aliphatic carbocycles. The molecule has 0 bridgehead atoms. The SMILES string of the molecule is CCCCCC(Br)([N+](=O)[O-])[N+](=O)[O-]. The fourth-order valence-corrected chi connectivity index (χ4v) is 1.13. The van der Waals surface area contributed by atoms with Crippen LogP contribution in [0.2, 0.25) is 0 Å². The van der Waals surface area contributed by atoms with Gasteiger partial charge in [0, 0.05) is 0 Å². The third-order valence-corrected chi connectivity index (χ3v) is 2.63. The molecule has 0 aromatic heterocycles. The van der Waals surface area contributed by atoms with Gasteiger partial charge < -0.3 is 0 Å². The largest absolute Gasteiger partial charge is 0.510 e. The molecule has 0 unspecified atom stereocenters. The minimum atomic E-state index is -2.19. The predicted molar refractivity (Wildman–Crippen MR) is 49.8 cm³/mol. The van der Waals surface area contributed by atoms with E-state index < -0.39 is 14.4 Å². The Hall–Kier alpha value is -0.720. The number of halogens is 1. The summed E-state index contributed by atoms with van der Waals surface area (Å²) in [4.78, 5) is 18.9. The molecule has 0 radical (unpaired) electrons. The van der Waals surface area contributed by atoms with Crippen LogP contribution in [0.4, 0.5) is 0 Å². The van der Waals surface area contributed by atoms with Crippen molar-refractivity contribution in [2.45, 2.75) is 37.2 Å². The minimum Gasteiger partial charge on any atom is -0.258 e. The molecule has 7 heteroatoms. The summed E-state index contributed by atoms with van der Waals surface area (Å²) in [6.07, 6.45) is 2.03. The molecule has 0 aliphatic rings. The van der Waals surface area contributed by atoms with Crippen LogP contribution < -0.4 is 0 Å². The highest BCUT2D eigenvalue weighted by molar-refractivity contribution is 9.09. The Labute approximate surface area is 83.7 Å². The lowest BCUT2D eigenvalue weighted by Crippen LogP contribution is -2.39. The number of rotatable bonds is 6. The molecule has 0 heterocycles.